The number of ether oxygens (including phenoxy) is 1. The van der Waals surface area contributed by atoms with Gasteiger partial charge in [0, 0.05) is 25.3 Å². The van der Waals surface area contributed by atoms with Gasteiger partial charge in [0.15, 0.2) is 0 Å². The molecule has 0 aliphatic carbocycles. The van der Waals surface area contributed by atoms with Gasteiger partial charge in [-0.25, -0.2) is 19.0 Å². The molecule has 3 N–H and O–H groups in total. The number of hydrogen-bond acceptors (Lipinski definition) is 6. The Morgan fingerprint density at radius 3 is 2.62 bits per heavy atom. The molecular formula is C28H39FN4O4. The van der Waals surface area contributed by atoms with E-state index in [9.17, 15) is 19.1 Å². The first kappa shape index (κ1) is 28.4. The van der Waals surface area contributed by atoms with Gasteiger partial charge >= 0.3 is 12.1 Å². The van der Waals surface area contributed by atoms with Crippen LogP contribution in [0.5, 0.6) is 0 Å². The van der Waals surface area contributed by atoms with Crippen LogP contribution in [0.1, 0.15) is 63.3 Å². The molecule has 0 spiro atoms. The van der Waals surface area contributed by atoms with Gasteiger partial charge in [-0.2, -0.15) is 0 Å². The smallest absolute Gasteiger partial charge is 0.408 e. The van der Waals surface area contributed by atoms with Crippen LogP contribution in [0, 0.1) is 5.82 Å². The van der Waals surface area contributed by atoms with Gasteiger partial charge < -0.3 is 20.5 Å². The number of hydrogen-bond donors (Lipinski definition) is 3. The lowest BCUT2D eigenvalue weighted by molar-refractivity contribution is -0.139. The maximum absolute atomic E-state index is 13.4. The number of unbranched alkanes of at least 4 members (excludes halogenated alkanes) is 1. The summed E-state index contributed by atoms with van der Waals surface area (Å²) in [4.78, 5) is 30.8. The lowest BCUT2D eigenvalue weighted by atomic mass is 10.1. The summed E-state index contributed by atoms with van der Waals surface area (Å²) in [6.07, 6.45) is 4.35. The highest BCUT2D eigenvalue weighted by Gasteiger charge is 2.24. The molecule has 0 fully saturated rings. The normalized spacial score (nSPS) is 14.0. The number of carboxylic acid groups (broad SMARTS) is 1. The number of nitrogens with zero attached hydrogens (tertiary/aromatic N) is 2. The number of pyridine rings is 1. The van der Waals surface area contributed by atoms with E-state index in [1.165, 1.54) is 17.7 Å². The van der Waals surface area contributed by atoms with Crippen LogP contribution in [0.4, 0.5) is 15.0 Å². The number of alkyl carbamates (subject to hydrolysis) is 1. The third kappa shape index (κ3) is 9.99. The second-order valence-corrected chi connectivity index (χ2v) is 10.5. The van der Waals surface area contributed by atoms with Crippen molar-refractivity contribution in [3.8, 4) is 0 Å². The molecule has 1 aliphatic rings. The summed E-state index contributed by atoms with van der Waals surface area (Å²) < 4.78 is 18.6. The van der Waals surface area contributed by atoms with Gasteiger partial charge in [0.1, 0.15) is 23.3 Å². The summed E-state index contributed by atoms with van der Waals surface area (Å²) in [7, 11) is 0. The molecule has 1 aliphatic heterocycles. The van der Waals surface area contributed by atoms with Crippen molar-refractivity contribution >= 4 is 17.9 Å². The van der Waals surface area contributed by atoms with Crippen molar-refractivity contribution in [3.63, 3.8) is 0 Å². The molecule has 0 saturated carbocycles. The average molecular weight is 515 g/mol. The number of rotatable bonds is 12. The molecule has 1 aromatic heterocycles. The standard InChI is InChI=1S/C28H39FN4O4/c1-28(2,3)37-27(36)32-24(26(34)35)15-18-33(19-20-9-12-22(29)13-10-20)17-5-4-8-23-14-11-21-7-6-16-30-25(21)31-23/h9-14,24H,4-8,15-19H2,1-3H3,(H,30,31)(H,32,36)(H,34,35). The van der Waals surface area contributed by atoms with Crippen LogP contribution in [-0.2, 0) is 28.9 Å². The molecule has 2 heterocycles. The molecule has 0 bridgehead atoms. The monoisotopic (exact) mass is 514 g/mol. The predicted octanol–water partition coefficient (Wildman–Crippen LogP) is 4.77. The molecule has 1 amide bonds. The second kappa shape index (κ2) is 13.4. The Balaban J connectivity index is 1.55. The zero-order valence-corrected chi connectivity index (χ0v) is 22.1. The van der Waals surface area contributed by atoms with Crippen LogP contribution >= 0.6 is 0 Å². The molecule has 8 nitrogen and oxygen atoms in total. The number of carbonyl (C=O) groups is 2. The fraction of sp³-hybridized carbons (Fsp3) is 0.536. The number of anilines is 1. The first-order valence-electron chi connectivity index (χ1n) is 13.0. The zero-order valence-electron chi connectivity index (χ0n) is 22.1. The predicted molar refractivity (Wildman–Crippen MR) is 141 cm³/mol. The summed E-state index contributed by atoms with van der Waals surface area (Å²) in [6, 6.07) is 9.51. The SMILES string of the molecule is CC(C)(C)OC(=O)NC(CCN(CCCCc1ccc2c(n1)NCCC2)Cc1ccc(F)cc1)C(=O)O. The van der Waals surface area contributed by atoms with Gasteiger partial charge in [-0.15, -0.1) is 0 Å². The molecular weight excluding hydrogens is 475 g/mol. The number of nitrogens with one attached hydrogen (secondary N) is 2. The van der Waals surface area contributed by atoms with Crippen molar-refractivity contribution in [1.82, 2.24) is 15.2 Å². The van der Waals surface area contributed by atoms with Gasteiger partial charge in [0.05, 0.1) is 0 Å². The third-order valence-electron chi connectivity index (χ3n) is 6.15. The van der Waals surface area contributed by atoms with E-state index >= 15 is 0 Å². The summed E-state index contributed by atoms with van der Waals surface area (Å²) in [5.41, 5.74) is 2.56. The van der Waals surface area contributed by atoms with E-state index in [4.69, 9.17) is 9.72 Å². The number of aromatic nitrogens is 1. The van der Waals surface area contributed by atoms with E-state index in [0.29, 0.717) is 13.1 Å². The topological polar surface area (TPSA) is 104 Å². The van der Waals surface area contributed by atoms with Crippen LogP contribution in [0.25, 0.3) is 0 Å². The van der Waals surface area contributed by atoms with E-state index in [2.05, 4.69) is 27.7 Å². The molecule has 202 valence electrons. The highest BCUT2D eigenvalue weighted by Crippen LogP contribution is 2.20. The molecule has 1 atom stereocenters. The number of halogens is 1. The van der Waals surface area contributed by atoms with Gasteiger partial charge in [-0.3, -0.25) is 4.90 Å². The van der Waals surface area contributed by atoms with Gasteiger partial charge in [0.25, 0.3) is 0 Å². The summed E-state index contributed by atoms with van der Waals surface area (Å²) in [5.74, 6) is -0.409. The molecule has 2 aromatic rings. The van der Waals surface area contributed by atoms with Crippen LogP contribution in [0.2, 0.25) is 0 Å². The third-order valence-corrected chi connectivity index (χ3v) is 6.15. The number of benzene rings is 1. The summed E-state index contributed by atoms with van der Waals surface area (Å²) in [5, 5.41) is 15.5. The minimum absolute atomic E-state index is 0.216. The molecule has 1 aromatic carbocycles. The second-order valence-electron chi connectivity index (χ2n) is 10.5. The van der Waals surface area contributed by atoms with E-state index in [1.807, 2.05) is 0 Å². The van der Waals surface area contributed by atoms with E-state index in [1.54, 1.807) is 32.9 Å². The Hall–Kier alpha value is -3.20. The van der Waals surface area contributed by atoms with E-state index in [-0.39, 0.29) is 12.2 Å². The molecule has 1 unspecified atom stereocenters. The number of fused-ring (bicyclic) bond motifs is 1. The number of aliphatic carboxylic acids is 1. The van der Waals surface area contributed by atoms with E-state index < -0.39 is 23.7 Å². The molecule has 0 radical (unpaired) electrons. The number of carbonyl (C=O) groups excluding carboxylic acids is 1. The minimum atomic E-state index is -1.11. The first-order chi connectivity index (χ1) is 17.6. The van der Waals surface area contributed by atoms with E-state index in [0.717, 1.165) is 62.3 Å². The Morgan fingerprint density at radius 2 is 1.92 bits per heavy atom. The van der Waals surface area contributed by atoms with Crippen molar-refractivity contribution in [3.05, 3.63) is 59.0 Å². The Morgan fingerprint density at radius 1 is 1.16 bits per heavy atom. The van der Waals surface area contributed by atoms with Crippen LogP contribution in [-0.4, -0.2) is 58.3 Å². The van der Waals surface area contributed by atoms with Gasteiger partial charge in [-0.1, -0.05) is 18.2 Å². The van der Waals surface area contributed by atoms with Gasteiger partial charge in [-0.05, 0) is 95.2 Å². The van der Waals surface area contributed by atoms with Crippen molar-refractivity contribution in [2.24, 2.45) is 0 Å². The average Bonchev–Trinajstić information content (AvgIpc) is 2.84. The zero-order chi connectivity index (χ0) is 26.8. The first-order valence-corrected chi connectivity index (χ1v) is 13.0. The molecule has 37 heavy (non-hydrogen) atoms. The molecule has 0 saturated heterocycles. The number of aryl methyl sites for hydroxylation is 2. The quantitative estimate of drug-likeness (QED) is 0.351. The van der Waals surface area contributed by atoms with Gasteiger partial charge in [0.2, 0.25) is 0 Å². The highest BCUT2D eigenvalue weighted by atomic mass is 19.1. The summed E-state index contributed by atoms with van der Waals surface area (Å²) in [6.45, 7) is 7.88. The van der Waals surface area contributed by atoms with Crippen LogP contribution in [0.15, 0.2) is 36.4 Å². The Labute approximate surface area is 218 Å². The molecule has 9 heteroatoms. The fourth-order valence-electron chi connectivity index (χ4n) is 4.29. The lowest BCUT2D eigenvalue weighted by Gasteiger charge is -2.25. The maximum atomic E-state index is 13.4. The largest absolute Gasteiger partial charge is 0.480 e. The maximum Gasteiger partial charge on any atom is 0.408 e. The van der Waals surface area contributed by atoms with Crippen molar-refractivity contribution in [1.29, 1.82) is 0 Å². The van der Waals surface area contributed by atoms with Crippen LogP contribution in [0.3, 0.4) is 0 Å². The van der Waals surface area contributed by atoms with Crippen molar-refractivity contribution < 1.29 is 23.8 Å². The number of carboxylic acids is 1. The van der Waals surface area contributed by atoms with Crippen molar-refractivity contribution in [2.75, 3.05) is 25.0 Å². The summed E-state index contributed by atoms with van der Waals surface area (Å²) >= 11 is 0. The fourth-order valence-corrected chi connectivity index (χ4v) is 4.29. The van der Waals surface area contributed by atoms with Crippen LogP contribution < -0.4 is 10.6 Å². The molecule has 3 rings (SSSR count). The van der Waals surface area contributed by atoms with Crippen molar-refractivity contribution in [2.45, 2.75) is 77.5 Å². The number of amides is 1. The lowest BCUT2D eigenvalue weighted by Crippen LogP contribution is -2.45. The highest BCUT2D eigenvalue weighted by molar-refractivity contribution is 5.80. The Bertz CT molecular complexity index is 1040. The Kier molecular flexibility index (Phi) is 10.3. The minimum Gasteiger partial charge on any atom is -0.480 e.